The molecule has 0 saturated heterocycles. The van der Waals surface area contributed by atoms with Gasteiger partial charge in [-0.25, -0.2) is 0 Å². The van der Waals surface area contributed by atoms with Crippen LogP contribution in [-0.4, -0.2) is 41.1 Å². The molecule has 0 heterocycles. The van der Waals surface area contributed by atoms with E-state index in [-0.39, 0.29) is 6.04 Å². The van der Waals surface area contributed by atoms with Crippen LogP contribution < -0.4 is 5.73 Å². The predicted octanol–water partition coefficient (Wildman–Crippen LogP) is 1.30. The van der Waals surface area contributed by atoms with Gasteiger partial charge in [-0.05, 0) is 46.1 Å². The largest absolute Gasteiger partial charge is 0.480 e. The molecule has 0 aromatic carbocycles. The fourth-order valence-electron chi connectivity index (χ4n) is 2.12. The van der Waals surface area contributed by atoms with Crippen LogP contribution in [-0.2, 0) is 4.79 Å². The van der Waals surface area contributed by atoms with Crippen molar-refractivity contribution in [3.05, 3.63) is 0 Å². The van der Waals surface area contributed by atoms with Crippen LogP contribution in [0.5, 0.6) is 0 Å². The molecule has 0 aromatic heterocycles. The first-order chi connectivity index (χ1) is 7.33. The second-order valence-electron chi connectivity index (χ2n) is 5.51. The van der Waals surface area contributed by atoms with E-state index in [1.54, 1.807) is 6.92 Å². The van der Waals surface area contributed by atoms with Crippen LogP contribution in [0.25, 0.3) is 0 Å². The molecule has 0 amide bonds. The van der Waals surface area contributed by atoms with Gasteiger partial charge in [0.15, 0.2) is 0 Å². The Morgan fingerprint density at radius 2 is 2.19 bits per heavy atom. The monoisotopic (exact) mass is 228 g/mol. The van der Waals surface area contributed by atoms with Crippen LogP contribution in [0.2, 0.25) is 0 Å². The average molecular weight is 228 g/mol. The van der Waals surface area contributed by atoms with Crippen molar-refractivity contribution >= 4 is 5.97 Å². The number of carbonyl (C=O) groups is 1. The lowest BCUT2D eigenvalue weighted by atomic mass is 9.84. The van der Waals surface area contributed by atoms with E-state index in [2.05, 4.69) is 11.9 Å². The van der Waals surface area contributed by atoms with Gasteiger partial charge < -0.3 is 15.7 Å². The van der Waals surface area contributed by atoms with Crippen LogP contribution >= 0.6 is 0 Å². The molecule has 0 aliphatic heterocycles. The summed E-state index contributed by atoms with van der Waals surface area (Å²) in [5, 5.41) is 8.97. The Kier molecular flexibility index (Phi) is 4.33. The minimum Gasteiger partial charge on any atom is -0.480 e. The van der Waals surface area contributed by atoms with Crippen molar-refractivity contribution in [2.24, 2.45) is 11.7 Å². The second-order valence-corrected chi connectivity index (χ2v) is 5.51. The summed E-state index contributed by atoms with van der Waals surface area (Å²) < 4.78 is 0. The lowest BCUT2D eigenvalue weighted by molar-refractivity contribution is -0.143. The Morgan fingerprint density at radius 3 is 2.56 bits per heavy atom. The predicted molar refractivity (Wildman–Crippen MR) is 64.3 cm³/mol. The van der Waals surface area contributed by atoms with Gasteiger partial charge in [0, 0.05) is 12.6 Å². The van der Waals surface area contributed by atoms with Gasteiger partial charge in [0.1, 0.15) is 5.54 Å². The van der Waals surface area contributed by atoms with Gasteiger partial charge in [-0.2, -0.15) is 0 Å². The third-order valence-electron chi connectivity index (χ3n) is 3.73. The molecule has 0 aromatic rings. The highest BCUT2D eigenvalue weighted by Crippen LogP contribution is 2.27. The third kappa shape index (κ3) is 3.46. The minimum absolute atomic E-state index is 0.215. The summed E-state index contributed by atoms with van der Waals surface area (Å²) in [5.41, 5.74) is 4.63. The van der Waals surface area contributed by atoms with E-state index in [0.29, 0.717) is 6.42 Å². The SMILES string of the molecule is CC(CC(C)(N)C(=O)O)N(C)CC1CCC1. The lowest BCUT2D eigenvalue weighted by Gasteiger charge is -2.35. The number of hydrogen-bond acceptors (Lipinski definition) is 3. The first-order valence-corrected chi connectivity index (χ1v) is 6.05. The topological polar surface area (TPSA) is 66.6 Å². The van der Waals surface area contributed by atoms with Crippen LogP contribution in [0.15, 0.2) is 0 Å². The first-order valence-electron chi connectivity index (χ1n) is 6.05. The molecule has 0 bridgehead atoms. The van der Waals surface area contributed by atoms with Gasteiger partial charge in [0.05, 0.1) is 0 Å². The highest BCUT2D eigenvalue weighted by atomic mass is 16.4. The molecule has 1 saturated carbocycles. The molecule has 1 aliphatic rings. The fourth-order valence-corrected chi connectivity index (χ4v) is 2.12. The first kappa shape index (κ1) is 13.5. The number of nitrogens with zero attached hydrogens (tertiary/aromatic N) is 1. The number of carboxylic acid groups (broad SMARTS) is 1. The molecule has 0 spiro atoms. The second kappa shape index (κ2) is 5.15. The molecular weight excluding hydrogens is 204 g/mol. The highest BCUT2D eigenvalue weighted by Gasteiger charge is 2.32. The third-order valence-corrected chi connectivity index (χ3v) is 3.73. The Bertz CT molecular complexity index is 249. The summed E-state index contributed by atoms with van der Waals surface area (Å²) in [7, 11) is 2.06. The Balaban J connectivity index is 2.37. The van der Waals surface area contributed by atoms with Crippen molar-refractivity contribution in [1.29, 1.82) is 0 Å². The maximum atomic E-state index is 10.9. The van der Waals surface area contributed by atoms with Crippen molar-refractivity contribution in [2.75, 3.05) is 13.6 Å². The average Bonchev–Trinajstić information content (AvgIpc) is 2.09. The normalized spacial score (nSPS) is 22.6. The van der Waals surface area contributed by atoms with Gasteiger partial charge >= 0.3 is 5.97 Å². The van der Waals surface area contributed by atoms with E-state index >= 15 is 0 Å². The van der Waals surface area contributed by atoms with Gasteiger partial charge in [0.2, 0.25) is 0 Å². The minimum atomic E-state index is -1.12. The quantitative estimate of drug-likeness (QED) is 0.719. The highest BCUT2D eigenvalue weighted by molar-refractivity contribution is 5.77. The van der Waals surface area contributed by atoms with Gasteiger partial charge in [-0.15, -0.1) is 0 Å². The van der Waals surface area contributed by atoms with E-state index < -0.39 is 11.5 Å². The molecule has 0 radical (unpaired) electrons. The Hall–Kier alpha value is -0.610. The molecule has 1 rings (SSSR count). The van der Waals surface area contributed by atoms with Crippen LogP contribution in [0.3, 0.4) is 0 Å². The number of nitrogens with two attached hydrogens (primary N) is 1. The molecule has 2 unspecified atom stereocenters. The molecule has 1 aliphatic carbocycles. The van der Waals surface area contributed by atoms with Crippen LogP contribution in [0.1, 0.15) is 39.5 Å². The zero-order chi connectivity index (χ0) is 12.3. The van der Waals surface area contributed by atoms with Crippen LogP contribution in [0, 0.1) is 5.92 Å². The standard InChI is InChI=1S/C12H24N2O2/c1-9(7-12(2,13)11(15)16)14(3)8-10-5-4-6-10/h9-10H,4-8,13H2,1-3H3,(H,15,16). The maximum absolute atomic E-state index is 10.9. The number of hydrogen-bond donors (Lipinski definition) is 2. The van der Waals surface area contributed by atoms with Crippen molar-refractivity contribution in [3.63, 3.8) is 0 Å². The lowest BCUT2D eigenvalue weighted by Crippen LogP contribution is -2.50. The zero-order valence-corrected chi connectivity index (χ0v) is 10.6. The zero-order valence-electron chi connectivity index (χ0n) is 10.6. The smallest absolute Gasteiger partial charge is 0.323 e. The van der Waals surface area contributed by atoms with Gasteiger partial charge in [0.25, 0.3) is 0 Å². The maximum Gasteiger partial charge on any atom is 0.323 e. The molecular formula is C12H24N2O2. The molecule has 4 nitrogen and oxygen atoms in total. The molecule has 1 fully saturated rings. The number of rotatable bonds is 6. The van der Waals surface area contributed by atoms with E-state index in [9.17, 15) is 4.79 Å². The summed E-state index contributed by atoms with van der Waals surface area (Å²) >= 11 is 0. The Morgan fingerprint density at radius 1 is 1.62 bits per heavy atom. The van der Waals surface area contributed by atoms with E-state index in [0.717, 1.165) is 12.5 Å². The summed E-state index contributed by atoms with van der Waals surface area (Å²) in [6.45, 7) is 4.70. The summed E-state index contributed by atoms with van der Waals surface area (Å²) in [6.07, 6.45) is 4.47. The van der Waals surface area contributed by atoms with Crippen LogP contribution in [0.4, 0.5) is 0 Å². The summed E-state index contributed by atoms with van der Waals surface area (Å²) in [4.78, 5) is 13.2. The van der Waals surface area contributed by atoms with Gasteiger partial charge in [-0.1, -0.05) is 6.42 Å². The van der Waals surface area contributed by atoms with Gasteiger partial charge in [-0.3, -0.25) is 4.79 Å². The molecule has 16 heavy (non-hydrogen) atoms. The molecule has 94 valence electrons. The fraction of sp³-hybridized carbons (Fsp3) is 0.917. The molecule has 3 N–H and O–H groups in total. The summed E-state index contributed by atoms with van der Waals surface area (Å²) in [5.74, 6) is -0.113. The van der Waals surface area contributed by atoms with E-state index in [4.69, 9.17) is 10.8 Å². The molecule has 2 atom stereocenters. The molecule has 4 heteroatoms. The number of carboxylic acids is 1. The van der Waals surface area contributed by atoms with Crippen molar-refractivity contribution in [1.82, 2.24) is 4.90 Å². The van der Waals surface area contributed by atoms with Crippen molar-refractivity contribution in [2.45, 2.75) is 51.1 Å². The van der Waals surface area contributed by atoms with Crippen molar-refractivity contribution < 1.29 is 9.90 Å². The summed E-state index contributed by atoms with van der Waals surface area (Å²) in [6, 6.07) is 0.215. The number of aliphatic carboxylic acids is 1. The Labute approximate surface area is 97.8 Å². The van der Waals surface area contributed by atoms with Crippen molar-refractivity contribution in [3.8, 4) is 0 Å². The van der Waals surface area contributed by atoms with E-state index in [1.165, 1.54) is 19.3 Å². The van der Waals surface area contributed by atoms with E-state index in [1.807, 2.05) is 6.92 Å².